The number of hydrogen-bond acceptors (Lipinski definition) is 2. The van der Waals surface area contributed by atoms with E-state index in [2.05, 4.69) is 164 Å². The third-order valence-electron chi connectivity index (χ3n) is 9.67. The fourth-order valence-electron chi connectivity index (χ4n) is 7.60. The molecular formula is C43H31NO. The minimum Gasteiger partial charge on any atom is -0.456 e. The first-order valence-corrected chi connectivity index (χ1v) is 15.6. The molecule has 0 bridgehead atoms. The molecule has 0 atom stereocenters. The number of furan rings is 1. The van der Waals surface area contributed by atoms with E-state index in [0.29, 0.717) is 0 Å². The van der Waals surface area contributed by atoms with Gasteiger partial charge in [0.15, 0.2) is 0 Å². The lowest BCUT2D eigenvalue weighted by Gasteiger charge is -2.31. The number of benzene rings is 7. The highest BCUT2D eigenvalue weighted by Gasteiger charge is 2.38. The van der Waals surface area contributed by atoms with Crippen LogP contribution < -0.4 is 4.90 Å². The molecule has 0 N–H and O–H groups in total. The molecule has 0 fully saturated rings. The Morgan fingerprint density at radius 2 is 1.09 bits per heavy atom. The Morgan fingerprint density at radius 3 is 1.98 bits per heavy atom. The SMILES string of the molecule is CC1(C)c2ccccc2-c2c(N(c3ccccc3-c3ccccc3)c3cccc4c3ccc3oc5ccccc5c34)cccc21. The highest BCUT2D eigenvalue weighted by atomic mass is 16.3. The number of hydrogen-bond donors (Lipinski definition) is 0. The molecule has 0 radical (unpaired) electrons. The quantitative estimate of drug-likeness (QED) is 0.207. The van der Waals surface area contributed by atoms with E-state index < -0.39 is 0 Å². The summed E-state index contributed by atoms with van der Waals surface area (Å²) < 4.78 is 6.32. The third-order valence-corrected chi connectivity index (χ3v) is 9.67. The predicted octanol–water partition coefficient (Wildman–Crippen LogP) is 12.2. The average Bonchev–Trinajstić information content (AvgIpc) is 3.59. The van der Waals surface area contributed by atoms with Gasteiger partial charge < -0.3 is 9.32 Å². The van der Waals surface area contributed by atoms with E-state index in [0.717, 1.165) is 33.3 Å². The summed E-state index contributed by atoms with van der Waals surface area (Å²) >= 11 is 0. The third kappa shape index (κ3) is 3.76. The molecule has 0 aliphatic heterocycles. The molecule has 0 saturated heterocycles. The fraction of sp³-hybridized carbons (Fsp3) is 0.0698. The summed E-state index contributed by atoms with van der Waals surface area (Å²) in [5, 5.41) is 4.67. The van der Waals surface area contributed by atoms with Crippen LogP contribution in [0.15, 0.2) is 156 Å². The lowest BCUT2D eigenvalue weighted by Crippen LogP contribution is -2.16. The molecule has 45 heavy (non-hydrogen) atoms. The Balaban J connectivity index is 1.40. The van der Waals surface area contributed by atoms with Crippen molar-refractivity contribution in [2.45, 2.75) is 19.3 Å². The summed E-state index contributed by atoms with van der Waals surface area (Å²) in [7, 11) is 0. The Labute approximate surface area is 262 Å². The standard InChI is InChI=1S/C43H31NO/c1-43(2)34-20-9-6-17-32(34)42-35(43)21-13-24-38(42)44(36-22-10-7-16-29(36)28-14-4-3-5-15-28)37-23-12-19-31-30(37)26-27-40-41(31)33-18-8-11-25-39(33)45-40/h3-27H,1-2H3. The number of anilines is 3. The molecule has 1 aliphatic carbocycles. The first kappa shape index (κ1) is 25.9. The normalized spacial score (nSPS) is 13.3. The van der Waals surface area contributed by atoms with E-state index in [4.69, 9.17) is 4.42 Å². The molecule has 214 valence electrons. The summed E-state index contributed by atoms with van der Waals surface area (Å²) in [4.78, 5) is 2.50. The Hall–Kier alpha value is -5.60. The van der Waals surface area contributed by atoms with E-state index in [-0.39, 0.29) is 5.41 Å². The summed E-state index contributed by atoms with van der Waals surface area (Å²) in [6.45, 7) is 4.70. The molecule has 2 nitrogen and oxygen atoms in total. The van der Waals surface area contributed by atoms with Crippen LogP contribution >= 0.6 is 0 Å². The number of nitrogens with zero attached hydrogens (tertiary/aromatic N) is 1. The summed E-state index contributed by atoms with van der Waals surface area (Å²) in [6.07, 6.45) is 0. The Bertz CT molecular complexity index is 2410. The molecule has 8 aromatic rings. The maximum atomic E-state index is 6.32. The van der Waals surface area contributed by atoms with Crippen LogP contribution in [0, 0.1) is 0 Å². The van der Waals surface area contributed by atoms with Crippen molar-refractivity contribution in [2.24, 2.45) is 0 Å². The van der Waals surface area contributed by atoms with Gasteiger partial charge in [0.1, 0.15) is 11.2 Å². The summed E-state index contributed by atoms with van der Waals surface area (Å²) in [5.74, 6) is 0. The fourth-order valence-corrected chi connectivity index (χ4v) is 7.60. The van der Waals surface area contributed by atoms with Crippen LogP contribution in [0.5, 0.6) is 0 Å². The molecule has 0 spiro atoms. The smallest absolute Gasteiger partial charge is 0.136 e. The molecule has 7 aromatic carbocycles. The minimum atomic E-state index is -0.104. The molecule has 1 heterocycles. The van der Waals surface area contributed by atoms with E-state index in [1.54, 1.807) is 0 Å². The lowest BCUT2D eigenvalue weighted by atomic mass is 9.82. The molecule has 0 saturated carbocycles. The van der Waals surface area contributed by atoms with Crippen LogP contribution in [-0.2, 0) is 5.41 Å². The second kappa shape index (κ2) is 9.70. The van der Waals surface area contributed by atoms with Gasteiger partial charge in [-0.3, -0.25) is 0 Å². The molecule has 0 amide bonds. The second-order valence-corrected chi connectivity index (χ2v) is 12.5. The topological polar surface area (TPSA) is 16.4 Å². The van der Waals surface area contributed by atoms with Crippen molar-refractivity contribution in [2.75, 3.05) is 4.90 Å². The van der Waals surface area contributed by atoms with Crippen LogP contribution in [-0.4, -0.2) is 0 Å². The van der Waals surface area contributed by atoms with Crippen molar-refractivity contribution in [3.05, 3.63) is 163 Å². The molecule has 9 rings (SSSR count). The monoisotopic (exact) mass is 577 g/mol. The Morgan fingerprint density at radius 1 is 0.444 bits per heavy atom. The zero-order valence-corrected chi connectivity index (χ0v) is 25.3. The number of rotatable bonds is 4. The van der Waals surface area contributed by atoms with Gasteiger partial charge in [0.05, 0.1) is 17.1 Å². The summed E-state index contributed by atoms with van der Waals surface area (Å²) in [5.41, 5.74) is 12.9. The van der Waals surface area contributed by atoms with Gasteiger partial charge in [0.2, 0.25) is 0 Å². The summed E-state index contributed by atoms with van der Waals surface area (Å²) in [6, 6.07) is 54.7. The van der Waals surface area contributed by atoms with Gasteiger partial charge in [-0.2, -0.15) is 0 Å². The maximum Gasteiger partial charge on any atom is 0.136 e. The lowest BCUT2D eigenvalue weighted by molar-refractivity contribution is 0.660. The van der Waals surface area contributed by atoms with Crippen molar-refractivity contribution in [1.82, 2.24) is 0 Å². The van der Waals surface area contributed by atoms with Gasteiger partial charge in [-0.05, 0) is 64.0 Å². The van der Waals surface area contributed by atoms with Gasteiger partial charge >= 0.3 is 0 Å². The molecule has 1 aliphatic rings. The molecule has 0 unspecified atom stereocenters. The van der Waals surface area contributed by atoms with Gasteiger partial charge in [0, 0.05) is 32.7 Å². The zero-order valence-electron chi connectivity index (χ0n) is 25.3. The van der Waals surface area contributed by atoms with Gasteiger partial charge in [-0.25, -0.2) is 0 Å². The van der Waals surface area contributed by atoms with Crippen molar-refractivity contribution < 1.29 is 4.42 Å². The predicted molar refractivity (Wildman–Crippen MR) is 189 cm³/mol. The van der Waals surface area contributed by atoms with Crippen molar-refractivity contribution in [3.63, 3.8) is 0 Å². The highest BCUT2D eigenvalue weighted by Crippen LogP contribution is 2.55. The first-order chi connectivity index (χ1) is 22.1. The van der Waals surface area contributed by atoms with E-state index in [1.807, 2.05) is 6.07 Å². The van der Waals surface area contributed by atoms with Crippen LogP contribution in [0.4, 0.5) is 17.1 Å². The maximum absolute atomic E-state index is 6.32. The van der Waals surface area contributed by atoms with Crippen molar-refractivity contribution >= 4 is 49.8 Å². The van der Waals surface area contributed by atoms with Gasteiger partial charge in [-0.1, -0.05) is 129 Å². The molecule has 2 heteroatoms. The molecule has 1 aromatic heterocycles. The van der Waals surface area contributed by atoms with Crippen LogP contribution in [0.25, 0.3) is 55.0 Å². The van der Waals surface area contributed by atoms with Gasteiger partial charge in [0.25, 0.3) is 0 Å². The van der Waals surface area contributed by atoms with E-state index in [1.165, 1.54) is 49.8 Å². The molecular weight excluding hydrogens is 546 g/mol. The van der Waals surface area contributed by atoms with Crippen LogP contribution in [0.1, 0.15) is 25.0 Å². The Kier molecular flexibility index (Phi) is 5.58. The second-order valence-electron chi connectivity index (χ2n) is 12.5. The van der Waals surface area contributed by atoms with Crippen molar-refractivity contribution in [1.29, 1.82) is 0 Å². The first-order valence-electron chi connectivity index (χ1n) is 15.6. The van der Waals surface area contributed by atoms with Crippen molar-refractivity contribution in [3.8, 4) is 22.3 Å². The highest BCUT2D eigenvalue weighted by molar-refractivity contribution is 6.21. The van der Waals surface area contributed by atoms with E-state index in [9.17, 15) is 0 Å². The van der Waals surface area contributed by atoms with Crippen LogP contribution in [0.2, 0.25) is 0 Å². The van der Waals surface area contributed by atoms with Crippen LogP contribution in [0.3, 0.4) is 0 Å². The average molecular weight is 578 g/mol. The minimum absolute atomic E-state index is 0.104. The number of fused-ring (bicyclic) bond motifs is 8. The largest absolute Gasteiger partial charge is 0.456 e. The number of para-hydroxylation sites is 2. The zero-order chi connectivity index (χ0) is 30.1. The van der Waals surface area contributed by atoms with Gasteiger partial charge in [-0.15, -0.1) is 0 Å². The van der Waals surface area contributed by atoms with E-state index >= 15 is 0 Å².